The second-order valence-electron chi connectivity index (χ2n) is 8.75. The number of urea groups is 1. The van der Waals surface area contributed by atoms with E-state index in [0.29, 0.717) is 35.9 Å². The smallest absolute Gasteiger partial charge is 0.497 e. The summed E-state index contributed by atoms with van der Waals surface area (Å²) >= 11 is 5.36. The molecule has 0 spiro atoms. The molecule has 0 saturated carbocycles. The zero-order chi connectivity index (χ0) is 28.7. The lowest BCUT2D eigenvalue weighted by molar-refractivity contribution is -0.274. The van der Waals surface area contributed by atoms with Gasteiger partial charge in [0, 0.05) is 17.7 Å². The summed E-state index contributed by atoms with van der Waals surface area (Å²) in [7, 11) is 1.59. The Labute approximate surface area is 234 Å². The van der Waals surface area contributed by atoms with Crippen LogP contribution in [0, 0.1) is 6.92 Å². The molecule has 208 valence electrons. The number of ether oxygens (including phenoxy) is 2. The van der Waals surface area contributed by atoms with Crippen LogP contribution in [0.3, 0.4) is 0 Å². The van der Waals surface area contributed by atoms with E-state index < -0.39 is 6.36 Å². The number of carbonyl (C=O) groups is 1. The maximum atomic E-state index is 12.4. The fourth-order valence-corrected chi connectivity index (χ4v) is 4.23. The molecule has 0 aliphatic heterocycles. The van der Waals surface area contributed by atoms with Crippen LogP contribution >= 0.6 is 12.2 Å². The third kappa shape index (κ3) is 7.79. The molecule has 0 unspecified atom stereocenters. The number of methoxy groups -OCH3 is 1. The number of hydrogen-bond acceptors (Lipinski definition) is 6. The van der Waals surface area contributed by atoms with Crippen LogP contribution in [0.4, 0.5) is 18.0 Å². The first kappa shape index (κ1) is 28.6. The summed E-state index contributed by atoms with van der Waals surface area (Å²) in [6, 6.07) is 18.1. The minimum absolute atomic E-state index is 0.314. The lowest BCUT2D eigenvalue weighted by atomic mass is 10.1. The van der Waals surface area contributed by atoms with E-state index in [4.69, 9.17) is 17.0 Å². The Kier molecular flexibility index (Phi) is 9.00. The summed E-state index contributed by atoms with van der Waals surface area (Å²) in [5.74, 6) is 0.874. The third-order valence-electron chi connectivity index (χ3n) is 5.84. The maximum absolute atomic E-state index is 12.4. The number of amides is 2. The molecule has 4 rings (SSSR count). The predicted molar refractivity (Wildman–Crippen MR) is 148 cm³/mol. The van der Waals surface area contributed by atoms with E-state index in [9.17, 15) is 18.0 Å². The Balaban J connectivity index is 1.27. The van der Waals surface area contributed by atoms with Crippen molar-refractivity contribution >= 4 is 23.2 Å². The summed E-state index contributed by atoms with van der Waals surface area (Å²) in [4.78, 5) is 17.0. The zero-order valence-electron chi connectivity index (χ0n) is 21.7. The van der Waals surface area contributed by atoms with Crippen molar-refractivity contribution in [2.75, 3.05) is 13.7 Å². The number of halogens is 3. The van der Waals surface area contributed by atoms with Crippen LogP contribution in [-0.4, -0.2) is 45.8 Å². The molecule has 1 aromatic heterocycles. The second kappa shape index (κ2) is 12.6. The Morgan fingerprint density at radius 3 is 2.50 bits per heavy atom. The molecule has 0 aliphatic rings. The number of nitrogens with zero attached hydrogens (tertiary/aromatic N) is 3. The summed E-state index contributed by atoms with van der Waals surface area (Å²) in [5, 5.41) is 9.96. The number of benzene rings is 3. The molecule has 2 N–H and O–H groups in total. The number of rotatable bonds is 9. The molecule has 12 heteroatoms. The first-order valence-electron chi connectivity index (χ1n) is 12.2. The van der Waals surface area contributed by atoms with Crippen LogP contribution in [0.1, 0.15) is 23.1 Å². The SMILES string of the molecule is COc1ccc(C(=S)NC(=O)NCCCc2cccc(-c3ncn(-c4ccc(OC(F)(F)F)cc4)n3)c2)c(C)c1. The molecule has 0 saturated heterocycles. The van der Waals surface area contributed by atoms with Gasteiger partial charge in [-0.25, -0.2) is 14.5 Å². The molecule has 0 aliphatic carbocycles. The molecule has 4 aromatic rings. The second-order valence-corrected chi connectivity index (χ2v) is 9.16. The van der Waals surface area contributed by atoms with Gasteiger partial charge >= 0.3 is 12.4 Å². The van der Waals surface area contributed by atoms with Crippen molar-refractivity contribution in [3.63, 3.8) is 0 Å². The van der Waals surface area contributed by atoms with Crippen LogP contribution in [-0.2, 0) is 6.42 Å². The van der Waals surface area contributed by atoms with Crippen LogP contribution in [0.15, 0.2) is 73.1 Å². The molecule has 0 fully saturated rings. The fraction of sp³-hybridized carbons (Fsp3) is 0.214. The van der Waals surface area contributed by atoms with Crippen LogP contribution < -0.4 is 20.1 Å². The van der Waals surface area contributed by atoms with E-state index >= 15 is 0 Å². The maximum Gasteiger partial charge on any atom is 0.573 e. The van der Waals surface area contributed by atoms with E-state index in [2.05, 4.69) is 25.5 Å². The van der Waals surface area contributed by atoms with Gasteiger partial charge in [0.25, 0.3) is 0 Å². The van der Waals surface area contributed by atoms with Crippen LogP contribution in [0.5, 0.6) is 11.5 Å². The van der Waals surface area contributed by atoms with Gasteiger partial charge in [0.1, 0.15) is 22.8 Å². The lowest BCUT2D eigenvalue weighted by Gasteiger charge is -2.12. The summed E-state index contributed by atoms with van der Waals surface area (Å²) in [6.07, 6.45) is -1.86. The largest absolute Gasteiger partial charge is 0.573 e. The standard InChI is InChI=1S/C28H26F3N5O3S/c1-18-15-23(38-2)12-13-24(18)26(40)34-27(37)32-14-4-6-19-5-3-7-20(16-19)25-33-17-36(35-25)21-8-10-22(11-9-21)39-28(29,30)31/h3,5,7-13,15-17H,4,6,14H2,1-2H3,(H2,32,34,37,40). The molecule has 2 amide bonds. The van der Waals surface area contributed by atoms with Gasteiger partial charge in [-0.1, -0.05) is 30.4 Å². The van der Waals surface area contributed by atoms with Crippen LogP contribution in [0.25, 0.3) is 17.1 Å². The van der Waals surface area contributed by atoms with Crippen molar-refractivity contribution in [2.45, 2.75) is 26.1 Å². The minimum atomic E-state index is -4.75. The zero-order valence-corrected chi connectivity index (χ0v) is 22.5. The number of alkyl halides is 3. The van der Waals surface area contributed by atoms with E-state index in [-0.39, 0.29) is 11.8 Å². The molecule has 1 heterocycles. The fourth-order valence-electron chi connectivity index (χ4n) is 3.91. The molecular formula is C28H26F3N5O3S. The van der Waals surface area contributed by atoms with Crippen molar-refractivity contribution in [3.8, 4) is 28.6 Å². The quantitative estimate of drug-likeness (QED) is 0.197. The topological polar surface area (TPSA) is 90.3 Å². The van der Waals surface area contributed by atoms with Crippen molar-refractivity contribution < 1.29 is 27.4 Å². The van der Waals surface area contributed by atoms with Gasteiger partial charge in [-0.05, 0) is 79.4 Å². The minimum Gasteiger partial charge on any atom is -0.497 e. The van der Waals surface area contributed by atoms with Gasteiger partial charge in [0.05, 0.1) is 12.8 Å². The molecule has 8 nitrogen and oxygen atoms in total. The molecule has 40 heavy (non-hydrogen) atoms. The Hall–Kier alpha value is -4.45. The number of aryl methyl sites for hydroxylation is 2. The number of hydrogen-bond donors (Lipinski definition) is 2. The van der Waals surface area contributed by atoms with Gasteiger partial charge < -0.3 is 14.8 Å². The highest BCUT2D eigenvalue weighted by Gasteiger charge is 2.31. The van der Waals surface area contributed by atoms with E-state index in [1.54, 1.807) is 13.2 Å². The van der Waals surface area contributed by atoms with E-state index in [0.717, 1.165) is 28.0 Å². The average molecular weight is 570 g/mol. The van der Waals surface area contributed by atoms with Gasteiger partial charge in [-0.3, -0.25) is 5.32 Å². The molecule has 0 radical (unpaired) electrons. The van der Waals surface area contributed by atoms with Crippen LogP contribution in [0.2, 0.25) is 0 Å². The molecule has 0 bridgehead atoms. The lowest BCUT2D eigenvalue weighted by Crippen LogP contribution is -2.39. The van der Waals surface area contributed by atoms with Crippen molar-refractivity contribution in [1.82, 2.24) is 25.4 Å². The number of aromatic nitrogens is 3. The van der Waals surface area contributed by atoms with Gasteiger partial charge in [-0.2, -0.15) is 0 Å². The van der Waals surface area contributed by atoms with E-state index in [1.165, 1.54) is 35.3 Å². The first-order chi connectivity index (χ1) is 19.1. The van der Waals surface area contributed by atoms with Gasteiger partial charge in [0.2, 0.25) is 0 Å². The summed E-state index contributed by atoms with van der Waals surface area (Å²) < 4.78 is 47.7. The third-order valence-corrected chi connectivity index (χ3v) is 6.17. The van der Waals surface area contributed by atoms with Crippen molar-refractivity contribution in [2.24, 2.45) is 0 Å². The van der Waals surface area contributed by atoms with Crippen molar-refractivity contribution in [3.05, 3.63) is 89.7 Å². The Morgan fingerprint density at radius 1 is 1.05 bits per heavy atom. The number of nitrogens with one attached hydrogen (secondary N) is 2. The summed E-state index contributed by atoms with van der Waals surface area (Å²) in [5.41, 5.74) is 4.02. The normalized spacial score (nSPS) is 11.1. The van der Waals surface area contributed by atoms with E-state index in [1.807, 2.05) is 43.3 Å². The summed E-state index contributed by atoms with van der Waals surface area (Å²) in [6.45, 7) is 2.34. The number of thiocarbonyl (C=S) groups is 1. The molecular weight excluding hydrogens is 543 g/mol. The highest BCUT2D eigenvalue weighted by atomic mass is 32.1. The Morgan fingerprint density at radius 2 is 1.80 bits per heavy atom. The predicted octanol–water partition coefficient (Wildman–Crippen LogP) is 5.76. The van der Waals surface area contributed by atoms with Gasteiger partial charge in [0.15, 0.2) is 5.82 Å². The molecule has 3 aromatic carbocycles. The average Bonchev–Trinajstić information content (AvgIpc) is 3.41. The highest BCUT2D eigenvalue weighted by Crippen LogP contribution is 2.24. The monoisotopic (exact) mass is 569 g/mol. The Bertz CT molecular complexity index is 1490. The highest BCUT2D eigenvalue weighted by molar-refractivity contribution is 7.80. The van der Waals surface area contributed by atoms with Crippen molar-refractivity contribution in [1.29, 1.82) is 0 Å². The number of carbonyl (C=O) groups excluding carboxylic acids is 1. The first-order valence-corrected chi connectivity index (χ1v) is 12.6. The van der Waals surface area contributed by atoms with Gasteiger partial charge in [-0.15, -0.1) is 18.3 Å². The molecule has 0 atom stereocenters.